The van der Waals surface area contributed by atoms with Gasteiger partial charge < -0.3 is 9.47 Å². The van der Waals surface area contributed by atoms with Gasteiger partial charge in [0.1, 0.15) is 0 Å². The SMILES string of the molecule is CC(Br)CCC(=O)OCCCCCCOC(=O)CCC(C)Br. The van der Waals surface area contributed by atoms with E-state index in [2.05, 4.69) is 31.9 Å². The van der Waals surface area contributed by atoms with Crippen molar-refractivity contribution >= 4 is 43.8 Å². The Morgan fingerprint density at radius 2 is 1.14 bits per heavy atom. The van der Waals surface area contributed by atoms with Crippen LogP contribution in [0.4, 0.5) is 0 Å². The highest BCUT2D eigenvalue weighted by Gasteiger charge is 2.06. The summed E-state index contributed by atoms with van der Waals surface area (Å²) in [4.78, 5) is 23.4. The maximum absolute atomic E-state index is 11.4. The van der Waals surface area contributed by atoms with Crippen LogP contribution in [0.15, 0.2) is 0 Å². The van der Waals surface area contributed by atoms with E-state index in [0.717, 1.165) is 38.5 Å². The first-order valence-electron chi connectivity index (χ1n) is 8.01. The summed E-state index contributed by atoms with van der Waals surface area (Å²) in [5.41, 5.74) is 0. The van der Waals surface area contributed by atoms with Crippen LogP contribution in [0, 0.1) is 0 Å². The smallest absolute Gasteiger partial charge is 0.305 e. The van der Waals surface area contributed by atoms with E-state index in [4.69, 9.17) is 9.47 Å². The van der Waals surface area contributed by atoms with Gasteiger partial charge in [-0.1, -0.05) is 45.7 Å². The first-order valence-corrected chi connectivity index (χ1v) is 9.84. The van der Waals surface area contributed by atoms with Crippen molar-refractivity contribution in [3.8, 4) is 0 Å². The Kier molecular flexibility index (Phi) is 14.4. The van der Waals surface area contributed by atoms with Crippen LogP contribution in [-0.2, 0) is 19.1 Å². The van der Waals surface area contributed by atoms with E-state index >= 15 is 0 Å². The zero-order chi connectivity index (χ0) is 16.8. The van der Waals surface area contributed by atoms with Gasteiger partial charge in [0.25, 0.3) is 0 Å². The van der Waals surface area contributed by atoms with Crippen LogP contribution in [0.1, 0.15) is 65.2 Å². The number of hydrogen-bond donors (Lipinski definition) is 0. The summed E-state index contributed by atoms with van der Waals surface area (Å²) >= 11 is 6.80. The predicted molar refractivity (Wildman–Crippen MR) is 95.6 cm³/mol. The van der Waals surface area contributed by atoms with Crippen molar-refractivity contribution in [2.45, 2.75) is 74.9 Å². The maximum atomic E-state index is 11.4. The van der Waals surface area contributed by atoms with E-state index in [0.29, 0.717) is 35.7 Å². The van der Waals surface area contributed by atoms with Gasteiger partial charge in [-0.25, -0.2) is 0 Å². The molecule has 6 heteroatoms. The zero-order valence-electron chi connectivity index (χ0n) is 13.6. The summed E-state index contributed by atoms with van der Waals surface area (Å²) in [6.45, 7) is 5.00. The Labute approximate surface area is 150 Å². The molecule has 130 valence electrons. The summed E-state index contributed by atoms with van der Waals surface area (Å²) < 4.78 is 10.3. The first-order chi connectivity index (χ1) is 10.4. The highest BCUT2D eigenvalue weighted by atomic mass is 79.9. The largest absolute Gasteiger partial charge is 0.466 e. The lowest BCUT2D eigenvalue weighted by Crippen LogP contribution is -2.08. The van der Waals surface area contributed by atoms with Crippen LogP contribution >= 0.6 is 31.9 Å². The molecule has 0 bridgehead atoms. The Bertz CT molecular complexity index is 277. The van der Waals surface area contributed by atoms with Crippen LogP contribution in [-0.4, -0.2) is 34.8 Å². The molecule has 0 aromatic rings. The average molecular weight is 444 g/mol. The van der Waals surface area contributed by atoms with E-state index in [1.165, 1.54) is 0 Å². The van der Waals surface area contributed by atoms with Crippen molar-refractivity contribution in [3.05, 3.63) is 0 Å². The van der Waals surface area contributed by atoms with Crippen molar-refractivity contribution in [2.24, 2.45) is 0 Å². The number of carbonyl (C=O) groups is 2. The lowest BCUT2D eigenvalue weighted by Gasteiger charge is -2.07. The molecule has 0 spiro atoms. The van der Waals surface area contributed by atoms with Gasteiger partial charge in [0.2, 0.25) is 0 Å². The van der Waals surface area contributed by atoms with Gasteiger partial charge in [0, 0.05) is 22.5 Å². The quantitative estimate of drug-likeness (QED) is 0.234. The number of ether oxygens (including phenoxy) is 2. The summed E-state index contributed by atoms with van der Waals surface area (Å²) in [5, 5.41) is 0. The molecule has 0 radical (unpaired) electrons. The molecular weight excluding hydrogens is 416 g/mol. The highest BCUT2D eigenvalue weighted by Crippen LogP contribution is 2.09. The fraction of sp³-hybridized carbons (Fsp3) is 0.875. The number of alkyl halides is 2. The van der Waals surface area contributed by atoms with Gasteiger partial charge in [0.05, 0.1) is 13.2 Å². The molecule has 0 saturated carbocycles. The van der Waals surface area contributed by atoms with Crippen LogP contribution in [0.5, 0.6) is 0 Å². The summed E-state index contributed by atoms with van der Waals surface area (Å²) in [5.74, 6) is -0.248. The third-order valence-electron chi connectivity index (χ3n) is 3.06. The van der Waals surface area contributed by atoms with Crippen molar-refractivity contribution in [1.29, 1.82) is 0 Å². The predicted octanol–water partition coefficient (Wildman–Crippen LogP) is 4.76. The molecule has 0 saturated heterocycles. The van der Waals surface area contributed by atoms with Crippen molar-refractivity contribution < 1.29 is 19.1 Å². The minimum Gasteiger partial charge on any atom is -0.466 e. The topological polar surface area (TPSA) is 52.6 Å². The zero-order valence-corrected chi connectivity index (χ0v) is 16.8. The Morgan fingerprint density at radius 3 is 1.45 bits per heavy atom. The number of rotatable bonds is 13. The highest BCUT2D eigenvalue weighted by molar-refractivity contribution is 9.09. The Hall–Kier alpha value is -0.100. The van der Waals surface area contributed by atoms with Crippen LogP contribution < -0.4 is 0 Å². The van der Waals surface area contributed by atoms with E-state index in [-0.39, 0.29) is 11.9 Å². The van der Waals surface area contributed by atoms with E-state index in [1.807, 2.05) is 13.8 Å². The minimum absolute atomic E-state index is 0.124. The van der Waals surface area contributed by atoms with Gasteiger partial charge in [-0.05, 0) is 38.5 Å². The molecule has 22 heavy (non-hydrogen) atoms. The lowest BCUT2D eigenvalue weighted by molar-refractivity contribution is -0.145. The van der Waals surface area contributed by atoms with Crippen LogP contribution in [0.25, 0.3) is 0 Å². The molecule has 4 nitrogen and oxygen atoms in total. The van der Waals surface area contributed by atoms with E-state index < -0.39 is 0 Å². The molecule has 0 aromatic heterocycles. The average Bonchev–Trinajstić information content (AvgIpc) is 2.45. The van der Waals surface area contributed by atoms with Crippen molar-refractivity contribution in [1.82, 2.24) is 0 Å². The van der Waals surface area contributed by atoms with Crippen molar-refractivity contribution in [3.63, 3.8) is 0 Å². The second-order valence-electron chi connectivity index (χ2n) is 5.49. The molecule has 2 atom stereocenters. The molecule has 0 amide bonds. The third-order valence-corrected chi connectivity index (χ3v) is 3.97. The fourth-order valence-corrected chi connectivity index (χ4v) is 2.17. The molecule has 2 unspecified atom stereocenters. The molecule has 0 aromatic carbocycles. The molecule has 0 aliphatic heterocycles. The van der Waals surface area contributed by atoms with Gasteiger partial charge >= 0.3 is 11.9 Å². The number of unbranched alkanes of at least 4 members (excludes halogenated alkanes) is 3. The second kappa shape index (κ2) is 14.5. The molecule has 0 rings (SSSR count). The molecule has 0 aliphatic rings. The Morgan fingerprint density at radius 1 is 0.773 bits per heavy atom. The number of hydrogen-bond acceptors (Lipinski definition) is 4. The lowest BCUT2D eigenvalue weighted by atomic mass is 10.2. The summed E-state index contributed by atoms with van der Waals surface area (Å²) in [6.07, 6.45) is 6.24. The number of carbonyl (C=O) groups excluding carboxylic acids is 2. The van der Waals surface area contributed by atoms with Gasteiger partial charge in [-0.3, -0.25) is 9.59 Å². The van der Waals surface area contributed by atoms with E-state index in [1.54, 1.807) is 0 Å². The normalized spacial score (nSPS) is 13.5. The number of halogens is 2. The molecule has 0 heterocycles. The second-order valence-corrected chi connectivity index (χ2v) is 8.62. The summed E-state index contributed by atoms with van der Waals surface area (Å²) in [6, 6.07) is 0. The Balaban J connectivity index is 3.30. The molecular formula is C16H28Br2O4. The van der Waals surface area contributed by atoms with E-state index in [9.17, 15) is 9.59 Å². The van der Waals surface area contributed by atoms with Crippen LogP contribution in [0.3, 0.4) is 0 Å². The number of esters is 2. The van der Waals surface area contributed by atoms with Gasteiger partial charge in [-0.2, -0.15) is 0 Å². The fourth-order valence-electron chi connectivity index (χ4n) is 1.71. The van der Waals surface area contributed by atoms with Gasteiger partial charge in [0.15, 0.2) is 0 Å². The maximum Gasteiger partial charge on any atom is 0.305 e. The van der Waals surface area contributed by atoms with Crippen molar-refractivity contribution in [2.75, 3.05) is 13.2 Å². The molecule has 0 N–H and O–H groups in total. The monoisotopic (exact) mass is 442 g/mol. The van der Waals surface area contributed by atoms with Gasteiger partial charge in [-0.15, -0.1) is 0 Å². The van der Waals surface area contributed by atoms with Crippen LogP contribution in [0.2, 0.25) is 0 Å². The minimum atomic E-state index is -0.124. The molecule has 0 fully saturated rings. The third kappa shape index (κ3) is 16.3. The summed E-state index contributed by atoms with van der Waals surface area (Å²) in [7, 11) is 0. The molecule has 0 aliphatic carbocycles. The standard InChI is InChI=1S/C16H28Br2O4/c1-13(17)7-9-15(19)21-11-5-3-4-6-12-22-16(20)10-8-14(2)18/h13-14H,3-12H2,1-2H3. The first kappa shape index (κ1) is 21.9.